The number of nitrogens with zero attached hydrogens (tertiary/aromatic N) is 2. The molecular formula is C13H21N3O3. The molecule has 1 heterocycles. The fourth-order valence-corrected chi connectivity index (χ4v) is 1.61. The van der Waals surface area contributed by atoms with E-state index >= 15 is 0 Å². The van der Waals surface area contributed by atoms with Gasteiger partial charge >= 0.3 is 5.97 Å². The average Bonchev–Trinajstić information content (AvgIpc) is 2.38. The van der Waals surface area contributed by atoms with E-state index in [2.05, 4.69) is 15.3 Å². The van der Waals surface area contributed by atoms with Gasteiger partial charge < -0.3 is 15.2 Å². The van der Waals surface area contributed by atoms with Crippen molar-refractivity contribution in [3.05, 3.63) is 12.3 Å². The number of hydrogen-bond acceptors (Lipinski definition) is 5. The van der Waals surface area contributed by atoms with Crippen molar-refractivity contribution in [3.8, 4) is 5.88 Å². The smallest absolute Gasteiger partial charge is 0.303 e. The number of nitrogens with one attached hydrogen (secondary N) is 1. The van der Waals surface area contributed by atoms with Gasteiger partial charge in [0.05, 0.1) is 6.61 Å². The molecule has 0 fully saturated rings. The number of ether oxygens (including phenoxy) is 1. The van der Waals surface area contributed by atoms with Crippen molar-refractivity contribution in [2.75, 3.05) is 18.5 Å². The van der Waals surface area contributed by atoms with Crippen molar-refractivity contribution in [1.82, 2.24) is 9.97 Å². The van der Waals surface area contributed by atoms with Crippen LogP contribution >= 0.6 is 0 Å². The number of carbonyl (C=O) groups is 1. The van der Waals surface area contributed by atoms with Crippen LogP contribution in [0.25, 0.3) is 0 Å². The van der Waals surface area contributed by atoms with Gasteiger partial charge in [0.25, 0.3) is 0 Å². The predicted octanol–water partition coefficient (Wildman–Crippen LogP) is 2.32. The molecule has 19 heavy (non-hydrogen) atoms. The minimum absolute atomic E-state index is 0.257. The molecule has 1 rings (SSSR count). The Morgan fingerprint density at radius 2 is 2.16 bits per heavy atom. The standard InChI is InChI=1S/C13H21N3O3/c1-2-19-11-8-10-15-13(16-11)14-9-6-4-3-5-7-12(17)18/h8,10H,2-7,9H2,1H3,(H,17,18)(H,14,15,16). The van der Waals surface area contributed by atoms with Gasteiger partial charge in [0, 0.05) is 25.2 Å². The summed E-state index contributed by atoms with van der Waals surface area (Å²) in [5.41, 5.74) is 0. The number of unbranched alkanes of at least 4 members (excludes halogenated alkanes) is 3. The summed E-state index contributed by atoms with van der Waals surface area (Å²) in [5, 5.41) is 11.6. The summed E-state index contributed by atoms with van der Waals surface area (Å²) in [5.74, 6) is 0.414. The van der Waals surface area contributed by atoms with Gasteiger partial charge in [0.1, 0.15) is 0 Å². The first kappa shape index (κ1) is 15.2. The summed E-state index contributed by atoms with van der Waals surface area (Å²) < 4.78 is 5.28. The summed E-state index contributed by atoms with van der Waals surface area (Å²) in [6.07, 6.45) is 5.58. The van der Waals surface area contributed by atoms with E-state index < -0.39 is 5.97 Å². The van der Waals surface area contributed by atoms with Crippen LogP contribution in [0.4, 0.5) is 5.95 Å². The SMILES string of the molecule is CCOc1ccnc(NCCCCCCC(=O)O)n1. The molecule has 1 aromatic heterocycles. The van der Waals surface area contributed by atoms with Crippen LogP contribution in [0.15, 0.2) is 12.3 Å². The summed E-state index contributed by atoms with van der Waals surface area (Å²) >= 11 is 0. The summed E-state index contributed by atoms with van der Waals surface area (Å²) in [6, 6.07) is 1.72. The zero-order valence-electron chi connectivity index (χ0n) is 11.3. The fraction of sp³-hybridized carbons (Fsp3) is 0.615. The minimum Gasteiger partial charge on any atom is -0.481 e. The molecule has 0 amide bonds. The Balaban J connectivity index is 2.12. The summed E-state index contributed by atoms with van der Waals surface area (Å²) in [7, 11) is 0. The van der Waals surface area contributed by atoms with Crippen LogP contribution in [0.5, 0.6) is 5.88 Å². The molecule has 106 valence electrons. The number of carboxylic acids is 1. The highest BCUT2D eigenvalue weighted by atomic mass is 16.5. The van der Waals surface area contributed by atoms with E-state index in [-0.39, 0.29) is 6.42 Å². The highest BCUT2D eigenvalue weighted by Gasteiger charge is 1.99. The molecule has 6 nitrogen and oxygen atoms in total. The van der Waals surface area contributed by atoms with Crippen LogP contribution < -0.4 is 10.1 Å². The van der Waals surface area contributed by atoms with E-state index in [1.54, 1.807) is 12.3 Å². The van der Waals surface area contributed by atoms with Crippen LogP contribution in [-0.4, -0.2) is 34.2 Å². The van der Waals surface area contributed by atoms with Gasteiger partial charge in [-0.2, -0.15) is 4.98 Å². The van der Waals surface area contributed by atoms with E-state index in [4.69, 9.17) is 9.84 Å². The summed E-state index contributed by atoms with van der Waals surface area (Å²) in [4.78, 5) is 18.6. The Morgan fingerprint density at radius 1 is 1.37 bits per heavy atom. The third kappa shape index (κ3) is 7.23. The lowest BCUT2D eigenvalue weighted by molar-refractivity contribution is -0.137. The number of aromatic nitrogens is 2. The Morgan fingerprint density at radius 3 is 2.89 bits per heavy atom. The zero-order chi connectivity index (χ0) is 13.9. The first-order valence-corrected chi connectivity index (χ1v) is 6.64. The van der Waals surface area contributed by atoms with E-state index in [0.29, 0.717) is 18.4 Å². The largest absolute Gasteiger partial charge is 0.481 e. The molecule has 0 aliphatic rings. The lowest BCUT2D eigenvalue weighted by Gasteiger charge is -2.06. The Hall–Kier alpha value is -1.85. The lowest BCUT2D eigenvalue weighted by Crippen LogP contribution is -2.06. The third-order valence-electron chi connectivity index (χ3n) is 2.52. The highest BCUT2D eigenvalue weighted by Crippen LogP contribution is 2.08. The second-order valence-corrected chi connectivity index (χ2v) is 4.14. The lowest BCUT2D eigenvalue weighted by atomic mass is 10.1. The maximum atomic E-state index is 10.3. The van der Waals surface area contributed by atoms with Crippen LogP contribution in [-0.2, 0) is 4.79 Å². The quantitative estimate of drug-likeness (QED) is 0.633. The van der Waals surface area contributed by atoms with Crippen LogP contribution in [0.3, 0.4) is 0 Å². The average molecular weight is 267 g/mol. The molecule has 0 aliphatic carbocycles. The Labute approximate surface area is 113 Å². The zero-order valence-corrected chi connectivity index (χ0v) is 11.3. The van der Waals surface area contributed by atoms with Gasteiger partial charge in [0.15, 0.2) is 0 Å². The normalized spacial score (nSPS) is 10.2. The van der Waals surface area contributed by atoms with Gasteiger partial charge in [-0.25, -0.2) is 4.98 Å². The topological polar surface area (TPSA) is 84.3 Å². The van der Waals surface area contributed by atoms with Crippen molar-refractivity contribution in [2.24, 2.45) is 0 Å². The number of aliphatic carboxylic acids is 1. The molecule has 0 saturated carbocycles. The fourth-order valence-electron chi connectivity index (χ4n) is 1.61. The van der Waals surface area contributed by atoms with Crippen molar-refractivity contribution >= 4 is 11.9 Å². The van der Waals surface area contributed by atoms with E-state index in [9.17, 15) is 4.79 Å². The van der Waals surface area contributed by atoms with Crippen molar-refractivity contribution in [2.45, 2.75) is 39.0 Å². The van der Waals surface area contributed by atoms with E-state index in [1.807, 2.05) is 6.92 Å². The molecule has 0 aromatic carbocycles. The van der Waals surface area contributed by atoms with Crippen molar-refractivity contribution in [3.63, 3.8) is 0 Å². The van der Waals surface area contributed by atoms with Crippen LogP contribution in [0, 0.1) is 0 Å². The molecule has 0 radical (unpaired) electrons. The van der Waals surface area contributed by atoms with Crippen LogP contribution in [0.2, 0.25) is 0 Å². The molecule has 0 bridgehead atoms. The number of hydrogen-bond donors (Lipinski definition) is 2. The molecule has 6 heteroatoms. The number of rotatable bonds is 10. The Bertz CT molecular complexity index is 385. The molecule has 1 aromatic rings. The predicted molar refractivity (Wildman–Crippen MR) is 72.4 cm³/mol. The van der Waals surface area contributed by atoms with E-state index in [0.717, 1.165) is 32.2 Å². The number of anilines is 1. The van der Waals surface area contributed by atoms with Crippen LogP contribution in [0.1, 0.15) is 39.0 Å². The highest BCUT2D eigenvalue weighted by molar-refractivity contribution is 5.66. The van der Waals surface area contributed by atoms with Gasteiger partial charge in [-0.3, -0.25) is 4.79 Å². The molecule has 2 N–H and O–H groups in total. The second kappa shape index (κ2) is 9.13. The molecule has 0 aliphatic heterocycles. The van der Waals surface area contributed by atoms with Crippen molar-refractivity contribution < 1.29 is 14.6 Å². The molecular weight excluding hydrogens is 246 g/mol. The van der Waals surface area contributed by atoms with Gasteiger partial charge in [-0.05, 0) is 19.8 Å². The monoisotopic (exact) mass is 267 g/mol. The number of carboxylic acid groups (broad SMARTS) is 1. The molecule has 0 atom stereocenters. The van der Waals surface area contributed by atoms with Gasteiger partial charge in [0.2, 0.25) is 11.8 Å². The molecule has 0 spiro atoms. The van der Waals surface area contributed by atoms with Gasteiger partial charge in [-0.1, -0.05) is 12.8 Å². The third-order valence-corrected chi connectivity index (χ3v) is 2.52. The maximum Gasteiger partial charge on any atom is 0.303 e. The van der Waals surface area contributed by atoms with Crippen molar-refractivity contribution in [1.29, 1.82) is 0 Å². The molecule has 0 unspecified atom stereocenters. The van der Waals surface area contributed by atoms with E-state index in [1.165, 1.54) is 0 Å². The summed E-state index contributed by atoms with van der Waals surface area (Å²) in [6.45, 7) is 3.27. The Kier molecular flexibility index (Phi) is 7.31. The van der Waals surface area contributed by atoms with Gasteiger partial charge in [-0.15, -0.1) is 0 Å². The second-order valence-electron chi connectivity index (χ2n) is 4.14. The first-order chi connectivity index (χ1) is 9.22. The first-order valence-electron chi connectivity index (χ1n) is 6.64. The maximum absolute atomic E-state index is 10.3. The minimum atomic E-state index is -0.723. The molecule has 0 saturated heterocycles.